The van der Waals surface area contributed by atoms with Gasteiger partial charge in [0, 0.05) is 12.3 Å². The summed E-state index contributed by atoms with van der Waals surface area (Å²) in [6.07, 6.45) is 1.37. The SMILES string of the molecule is O=C1CC2CNCCC2C(=O)N1. The number of piperidine rings is 2. The van der Waals surface area contributed by atoms with Gasteiger partial charge in [-0.1, -0.05) is 0 Å². The number of rotatable bonds is 0. The molecule has 2 atom stereocenters. The Morgan fingerprint density at radius 3 is 3.00 bits per heavy atom. The number of hydrogen-bond acceptors (Lipinski definition) is 3. The summed E-state index contributed by atoms with van der Waals surface area (Å²) in [5.41, 5.74) is 0. The van der Waals surface area contributed by atoms with Crippen LogP contribution in [0.1, 0.15) is 12.8 Å². The number of carbonyl (C=O) groups is 2. The monoisotopic (exact) mass is 168 g/mol. The maximum atomic E-state index is 11.3. The van der Waals surface area contributed by atoms with Crippen molar-refractivity contribution < 1.29 is 9.59 Å². The zero-order valence-corrected chi connectivity index (χ0v) is 6.80. The van der Waals surface area contributed by atoms with Crippen molar-refractivity contribution in [2.45, 2.75) is 12.8 Å². The van der Waals surface area contributed by atoms with E-state index >= 15 is 0 Å². The highest BCUT2D eigenvalue weighted by Crippen LogP contribution is 2.25. The van der Waals surface area contributed by atoms with Gasteiger partial charge in [-0.3, -0.25) is 14.9 Å². The maximum absolute atomic E-state index is 11.3. The molecule has 66 valence electrons. The second-order valence-corrected chi connectivity index (χ2v) is 3.48. The van der Waals surface area contributed by atoms with Crippen LogP contribution in [0, 0.1) is 11.8 Å². The Labute approximate surface area is 70.7 Å². The van der Waals surface area contributed by atoms with Gasteiger partial charge in [0.15, 0.2) is 0 Å². The molecule has 0 spiro atoms. The van der Waals surface area contributed by atoms with Crippen LogP contribution in [0.4, 0.5) is 0 Å². The molecule has 2 aliphatic rings. The minimum absolute atomic E-state index is 0.0715. The molecule has 0 saturated carbocycles. The lowest BCUT2D eigenvalue weighted by molar-refractivity contribution is -0.139. The van der Waals surface area contributed by atoms with Crippen LogP contribution in [0.25, 0.3) is 0 Å². The van der Waals surface area contributed by atoms with E-state index in [-0.39, 0.29) is 23.7 Å². The first kappa shape index (κ1) is 7.73. The van der Waals surface area contributed by atoms with Gasteiger partial charge in [0.1, 0.15) is 0 Å². The van der Waals surface area contributed by atoms with Crippen LogP contribution >= 0.6 is 0 Å². The van der Waals surface area contributed by atoms with Crippen LogP contribution in [-0.4, -0.2) is 24.9 Å². The van der Waals surface area contributed by atoms with Crippen molar-refractivity contribution >= 4 is 11.8 Å². The lowest BCUT2D eigenvalue weighted by Gasteiger charge is -2.33. The van der Waals surface area contributed by atoms with Gasteiger partial charge in [0.05, 0.1) is 0 Å². The fraction of sp³-hybridized carbons (Fsp3) is 0.750. The third-order valence-corrected chi connectivity index (χ3v) is 2.65. The van der Waals surface area contributed by atoms with Crippen LogP contribution in [0.2, 0.25) is 0 Å². The number of hydrogen-bond donors (Lipinski definition) is 2. The van der Waals surface area contributed by atoms with Gasteiger partial charge in [-0.2, -0.15) is 0 Å². The topological polar surface area (TPSA) is 58.2 Å². The van der Waals surface area contributed by atoms with E-state index < -0.39 is 0 Å². The van der Waals surface area contributed by atoms with E-state index in [0.29, 0.717) is 6.42 Å². The summed E-state index contributed by atoms with van der Waals surface area (Å²) < 4.78 is 0. The fourth-order valence-corrected chi connectivity index (χ4v) is 2.00. The van der Waals surface area contributed by atoms with E-state index in [0.717, 1.165) is 19.5 Å². The average Bonchev–Trinajstić information content (AvgIpc) is 2.04. The lowest BCUT2D eigenvalue weighted by atomic mass is 9.81. The Balaban J connectivity index is 2.11. The van der Waals surface area contributed by atoms with Crippen LogP contribution in [0.5, 0.6) is 0 Å². The first-order valence-electron chi connectivity index (χ1n) is 4.32. The number of carbonyl (C=O) groups excluding carboxylic acids is 2. The molecule has 0 aromatic rings. The summed E-state index contributed by atoms with van der Waals surface area (Å²) in [7, 11) is 0. The molecule has 0 bridgehead atoms. The van der Waals surface area contributed by atoms with Crippen molar-refractivity contribution in [3.8, 4) is 0 Å². The molecule has 2 unspecified atom stereocenters. The summed E-state index contributed by atoms with van der Waals surface area (Å²) >= 11 is 0. The summed E-state index contributed by atoms with van der Waals surface area (Å²) in [5.74, 6) is 0.117. The highest BCUT2D eigenvalue weighted by Gasteiger charge is 2.36. The second kappa shape index (κ2) is 2.86. The van der Waals surface area contributed by atoms with E-state index in [1.807, 2.05) is 0 Å². The molecule has 4 heteroatoms. The normalized spacial score (nSPS) is 35.7. The molecule has 2 aliphatic heterocycles. The van der Waals surface area contributed by atoms with Crippen molar-refractivity contribution in [2.24, 2.45) is 11.8 Å². The first-order valence-corrected chi connectivity index (χ1v) is 4.32. The zero-order valence-electron chi connectivity index (χ0n) is 6.80. The molecule has 2 heterocycles. The number of fused-ring (bicyclic) bond motifs is 1. The lowest BCUT2D eigenvalue weighted by Crippen LogP contribution is -2.52. The van der Waals surface area contributed by atoms with E-state index in [1.54, 1.807) is 0 Å². The van der Waals surface area contributed by atoms with Crippen LogP contribution in [-0.2, 0) is 9.59 Å². The van der Waals surface area contributed by atoms with Gasteiger partial charge < -0.3 is 5.32 Å². The Kier molecular flexibility index (Phi) is 1.84. The molecule has 4 nitrogen and oxygen atoms in total. The fourth-order valence-electron chi connectivity index (χ4n) is 2.00. The highest BCUT2D eigenvalue weighted by atomic mass is 16.2. The molecular formula is C8H12N2O2. The van der Waals surface area contributed by atoms with E-state index in [1.165, 1.54) is 0 Å². The Hall–Kier alpha value is -0.900. The van der Waals surface area contributed by atoms with Gasteiger partial charge in [0.2, 0.25) is 11.8 Å². The van der Waals surface area contributed by atoms with Gasteiger partial charge in [-0.15, -0.1) is 0 Å². The molecule has 2 rings (SSSR count). The quantitative estimate of drug-likeness (QED) is 0.468. The smallest absolute Gasteiger partial charge is 0.230 e. The second-order valence-electron chi connectivity index (χ2n) is 3.48. The van der Waals surface area contributed by atoms with E-state index in [9.17, 15) is 9.59 Å². The molecule has 12 heavy (non-hydrogen) atoms. The number of nitrogens with one attached hydrogen (secondary N) is 2. The summed E-state index contributed by atoms with van der Waals surface area (Å²) in [6.45, 7) is 1.70. The number of amides is 2. The molecule has 2 amide bonds. The zero-order chi connectivity index (χ0) is 8.55. The van der Waals surface area contributed by atoms with E-state index in [4.69, 9.17) is 0 Å². The minimum atomic E-state index is -0.120. The van der Waals surface area contributed by atoms with E-state index in [2.05, 4.69) is 10.6 Å². The Bertz CT molecular complexity index is 227. The minimum Gasteiger partial charge on any atom is -0.316 e. The molecule has 0 aliphatic carbocycles. The Morgan fingerprint density at radius 1 is 1.33 bits per heavy atom. The molecule has 2 fully saturated rings. The summed E-state index contributed by atoms with van der Waals surface area (Å²) in [5, 5.41) is 5.57. The number of imide groups is 1. The van der Waals surface area contributed by atoms with Crippen molar-refractivity contribution in [1.82, 2.24) is 10.6 Å². The first-order chi connectivity index (χ1) is 5.77. The molecule has 2 N–H and O–H groups in total. The standard InChI is InChI=1S/C8H12N2O2/c11-7-3-5-4-9-2-1-6(5)8(12)10-7/h5-6,9H,1-4H2,(H,10,11,12). The van der Waals surface area contributed by atoms with Crippen molar-refractivity contribution in [3.05, 3.63) is 0 Å². The molecule has 0 radical (unpaired) electrons. The van der Waals surface area contributed by atoms with Crippen molar-refractivity contribution in [2.75, 3.05) is 13.1 Å². The summed E-state index contributed by atoms with van der Waals surface area (Å²) in [4.78, 5) is 22.2. The molecule has 0 aromatic heterocycles. The van der Waals surface area contributed by atoms with Gasteiger partial charge in [-0.25, -0.2) is 0 Å². The van der Waals surface area contributed by atoms with Crippen LogP contribution < -0.4 is 10.6 Å². The molecule has 2 saturated heterocycles. The maximum Gasteiger partial charge on any atom is 0.230 e. The molecular weight excluding hydrogens is 156 g/mol. The van der Waals surface area contributed by atoms with Crippen LogP contribution in [0.15, 0.2) is 0 Å². The third-order valence-electron chi connectivity index (χ3n) is 2.65. The van der Waals surface area contributed by atoms with Crippen molar-refractivity contribution in [1.29, 1.82) is 0 Å². The average molecular weight is 168 g/mol. The third kappa shape index (κ3) is 1.22. The van der Waals surface area contributed by atoms with Crippen molar-refractivity contribution in [3.63, 3.8) is 0 Å². The predicted octanol–water partition coefficient (Wildman–Crippen LogP) is -0.741. The van der Waals surface area contributed by atoms with Gasteiger partial charge >= 0.3 is 0 Å². The van der Waals surface area contributed by atoms with Gasteiger partial charge in [0.25, 0.3) is 0 Å². The summed E-state index contributed by atoms with van der Waals surface area (Å²) in [6, 6.07) is 0. The largest absolute Gasteiger partial charge is 0.316 e. The predicted molar refractivity (Wildman–Crippen MR) is 42.2 cm³/mol. The van der Waals surface area contributed by atoms with Gasteiger partial charge in [-0.05, 0) is 25.4 Å². The highest BCUT2D eigenvalue weighted by molar-refractivity contribution is 5.99. The van der Waals surface area contributed by atoms with Crippen LogP contribution in [0.3, 0.4) is 0 Å². The Morgan fingerprint density at radius 2 is 2.17 bits per heavy atom. The molecule has 0 aromatic carbocycles.